The summed E-state index contributed by atoms with van der Waals surface area (Å²) >= 11 is 0. The highest BCUT2D eigenvalue weighted by molar-refractivity contribution is 6.00. The third-order valence-electron chi connectivity index (χ3n) is 2.40. The Bertz CT molecular complexity index is 604. The fraction of sp³-hybridized carbons (Fsp3) is 0.167. The number of hydrogen-bond donors (Lipinski definition) is 0. The van der Waals surface area contributed by atoms with Crippen molar-refractivity contribution in [2.24, 2.45) is 0 Å². The Labute approximate surface area is 105 Å². The second-order valence-electron chi connectivity index (χ2n) is 3.91. The Morgan fingerprint density at radius 2 is 2.05 bits per heavy atom. The van der Waals surface area contributed by atoms with Crippen LogP contribution in [0.15, 0.2) is 36.9 Å². The Hall–Kier alpha value is -2.18. The van der Waals surface area contributed by atoms with Crippen LogP contribution >= 0.6 is 0 Å². The van der Waals surface area contributed by atoms with Crippen LogP contribution in [0.3, 0.4) is 0 Å². The zero-order valence-electron chi connectivity index (χ0n) is 9.49. The molecule has 0 bridgehead atoms. The van der Waals surface area contributed by atoms with Crippen LogP contribution in [0.2, 0.25) is 0 Å². The second-order valence-corrected chi connectivity index (χ2v) is 3.91. The van der Waals surface area contributed by atoms with Crippen LogP contribution in [0.1, 0.15) is 15.9 Å². The lowest BCUT2D eigenvalue weighted by molar-refractivity contribution is -0.0885. The first-order valence-electron chi connectivity index (χ1n) is 5.23. The fourth-order valence-corrected chi connectivity index (χ4v) is 1.59. The molecule has 19 heavy (non-hydrogen) atoms. The van der Waals surface area contributed by atoms with Crippen LogP contribution in [0, 0.1) is 5.82 Å². The quantitative estimate of drug-likeness (QED) is 0.636. The molecule has 2 rings (SSSR count). The summed E-state index contributed by atoms with van der Waals surface area (Å²) in [4.78, 5) is 14.6. The molecule has 0 fully saturated rings. The van der Waals surface area contributed by atoms with Crippen LogP contribution in [0.25, 0.3) is 0 Å². The predicted molar refractivity (Wildman–Crippen MR) is 58.1 cm³/mol. The number of ketones is 1. The molecule has 0 aromatic carbocycles. The number of nitrogens with zero attached hydrogens (tertiary/aromatic N) is 2. The summed E-state index contributed by atoms with van der Waals surface area (Å²) in [5, 5.41) is 0. The zero-order valence-corrected chi connectivity index (χ0v) is 9.49. The Kier molecular flexibility index (Phi) is 3.37. The van der Waals surface area contributed by atoms with E-state index in [-0.39, 0.29) is 6.54 Å². The van der Waals surface area contributed by atoms with Gasteiger partial charge in [-0.05, 0) is 17.7 Å². The van der Waals surface area contributed by atoms with Crippen LogP contribution in [0.5, 0.6) is 0 Å². The molecule has 0 aliphatic carbocycles. The highest BCUT2D eigenvalue weighted by atomic mass is 19.4. The zero-order chi connectivity index (χ0) is 14.0. The Morgan fingerprint density at radius 1 is 1.32 bits per heavy atom. The lowest BCUT2D eigenvalue weighted by Gasteiger charge is -2.03. The van der Waals surface area contributed by atoms with Gasteiger partial charge < -0.3 is 4.57 Å². The van der Waals surface area contributed by atoms with E-state index >= 15 is 0 Å². The smallest absolute Gasteiger partial charge is 0.349 e. The summed E-state index contributed by atoms with van der Waals surface area (Å²) in [7, 11) is 0. The molecular formula is C12H8F4N2O. The van der Waals surface area contributed by atoms with Crippen LogP contribution < -0.4 is 0 Å². The summed E-state index contributed by atoms with van der Waals surface area (Å²) in [6.45, 7) is 0.135. The van der Waals surface area contributed by atoms with Crippen molar-refractivity contribution < 1.29 is 22.4 Å². The van der Waals surface area contributed by atoms with Crippen LogP contribution in [0.4, 0.5) is 17.6 Å². The van der Waals surface area contributed by atoms with Crippen molar-refractivity contribution in [2.45, 2.75) is 12.7 Å². The van der Waals surface area contributed by atoms with Crippen molar-refractivity contribution in [2.75, 3.05) is 0 Å². The summed E-state index contributed by atoms with van der Waals surface area (Å²) in [6.07, 6.45) is -0.0801. The predicted octanol–water partition coefficient (Wildman–Crippen LogP) is 2.82. The lowest BCUT2D eigenvalue weighted by atomic mass is 10.2. The van der Waals surface area contributed by atoms with E-state index in [2.05, 4.69) is 4.98 Å². The molecule has 0 atom stereocenters. The van der Waals surface area contributed by atoms with Crippen LogP contribution in [-0.2, 0) is 6.54 Å². The Morgan fingerprint density at radius 3 is 2.68 bits per heavy atom. The van der Waals surface area contributed by atoms with Crippen molar-refractivity contribution in [1.29, 1.82) is 0 Å². The molecule has 0 saturated heterocycles. The summed E-state index contributed by atoms with van der Waals surface area (Å²) in [5.74, 6) is -2.43. The number of alkyl halides is 3. The number of carbonyl (C=O) groups excluding carboxylic acids is 1. The number of Topliss-reactive ketones (excluding diaryl/α,β-unsaturated/α-hetero) is 1. The van der Waals surface area contributed by atoms with Crippen molar-refractivity contribution in [3.8, 4) is 0 Å². The van der Waals surface area contributed by atoms with E-state index in [9.17, 15) is 22.4 Å². The first-order valence-corrected chi connectivity index (χ1v) is 5.23. The average Bonchev–Trinajstić information content (AvgIpc) is 2.75. The average molecular weight is 272 g/mol. The molecule has 2 aromatic heterocycles. The van der Waals surface area contributed by atoms with Gasteiger partial charge in [-0.2, -0.15) is 13.2 Å². The molecule has 3 nitrogen and oxygen atoms in total. The van der Waals surface area contributed by atoms with E-state index in [1.54, 1.807) is 0 Å². The van der Waals surface area contributed by atoms with Gasteiger partial charge in [0.05, 0.1) is 6.20 Å². The maximum absolute atomic E-state index is 12.9. The second kappa shape index (κ2) is 4.83. The molecule has 0 saturated carbocycles. The summed E-state index contributed by atoms with van der Waals surface area (Å²) in [5.41, 5.74) is 0.0402. The van der Waals surface area contributed by atoms with E-state index < -0.39 is 23.3 Å². The molecule has 2 aromatic rings. The minimum atomic E-state index is -4.90. The van der Waals surface area contributed by atoms with Gasteiger partial charge in [-0.1, -0.05) is 0 Å². The van der Waals surface area contributed by atoms with Gasteiger partial charge in [-0.3, -0.25) is 9.78 Å². The number of hydrogen-bond acceptors (Lipinski definition) is 2. The van der Waals surface area contributed by atoms with Crippen molar-refractivity contribution in [3.05, 3.63) is 53.9 Å². The topological polar surface area (TPSA) is 34.9 Å². The van der Waals surface area contributed by atoms with Gasteiger partial charge in [0.2, 0.25) is 0 Å². The number of aromatic nitrogens is 2. The van der Waals surface area contributed by atoms with Gasteiger partial charge in [0.15, 0.2) is 0 Å². The molecule has 100 valence electrons. The maximum Gasteiger partial charge on any atom is 0.454 e. The SMILES string of the molecule is O=C(c1ccn(Cc2cncc(F)c2)c1)C(F)(F)F. The molecule has 7 heteroatoms. The molecule has 0 aliphatic heterocycles. The summed E-state index contributed by atoms with van der Waals surface area (Å²) < 4.78 is 50.9. The number of halogens is 4. The molecule has 0 amide bonds. The van der Waals surface area contributed by atoms with Gasteiger partial charge in [0.25, 0.3) is 5.78 Å². The largest absolute Gasteiger partial charge is 0.454 e. The minimum Gasteiger partial charge on any atom is -0.349 e. The third kappa shape index (κ3) is 3.18. The fourth-order valence-electron chi connectivity index (χ4n) is 1.59. The van der Waals surface area contributed by atoms with E-state index in [1.165, 1.54) is 23.0 Å². The molecule has 0 unspecified atom stereocenters. The summed E-state index contributed by atoms with van der Waals surface area (Å²) in [6, 6.07) is 2.29. The van der Waals surface area contributed by atoms with E-state index in [1.807, 2.05) is 0 Å². The minimum absolute atomic E-state index is 0.135. The highest BCUT2D eigenvalue weighted by Crippen LogP contribution is 2.21. The molecule has 2 heterocycles. The number of carbonyl (C=O) groups is 1. The molecular weight excluding hydrogens is 264 g/mol. The van der Waals surface area contributed by atoms with Crippen molar-refractivity contribution in [1.82, 2.24) is 9.55 Å². The standard InChI is InChI=1S/C12H8F4N2O/c13-10-3-8(4-17-5-10)6-18-2-1-9(7-18)11(19)12(14,15)16/h1-5,7H,6H2. The van der Waals surface area contributed by atoms with Crippen molar-refractivity contribution >= 4 is 5.78 Å². The van der Waals surface area contributed by atoms with Gasteiger partial charge in [0, 0.05) is 30.7 Å². The van der Waals surface area contributed by atoms with Gasteiger partial charge in [-0.25, -0.2) is 4.39 Å². The first-order chi connectivity index (χ1) is 8.86. The van der Waals surface area contributed by atoms with Gasteiger partial charge in [0.1, 0.15) is 5.82 Å². The van der Waals surface area contributed by atoms with E-state index in [0.717, 1.165) is 18.5 Å². The number of rotatable bonds is 3. The van der Waals surface area contributed by atoms with E-state index in [0.29, 0.717) is 5.56 Å². The molecule has 0 aliphatic rings. The molecule has 0 radical (unpaired) electrons. The first kappa shape index (κ1) is 13.3. The maximum atomic E-state index is 12.9. The Balaban J connectivity index is 2.16. The van der Waals surface area contributed by atoms with Gasteiger partial charge >= 0.3 is 6.18 Å². The highest BCUT2D eigenvalue weighted by Gasteiger charge is 2.39. The van der Waals surface area contributed by atoms with Crippen LogP contribution in [-0.4, -0.2) is 21.5 Å². The number of pyridine rings is 1. The lowest BCUT2D eigenvalue weighted by Crippen LogP contribution is -2.22. The third-order valence-corrected chi connectivity index (χ3v) is 2.40. The van der Waals surface area contributed by atoms with E-state index in [4.69, 9.17) is 0 Å². The van der Waals surface area contributed by atoms with Gasteiger partial charge in [-0.15, -0.1) is 0 Å². The molecule has 0 spiro atoms. The van der Waals surface area contributed by atoms with Crippen molar-refractivity contribution in [3.63, 3.8) is 0 Å². The monoisotopic (exact) mass is 272 g/mol. The normalized spacial score (nSPS) is 11.6. The molecule has 0 N–H and O–H groups in total.